The Labute approximate surface area is 92.3 Å². The van der Waals surface area contributed by atoms with E-state index in [1.165, 1.54) is 18.2 Å². The molecule has 1 rings (SSSR count). The SMILES string of the molecule is CC(c1ccc(O)c(O)c1)C(NN)C(=O)O. The van der Waals surface area contributed by atoms with Crippen molar-refractivity contribution in [3.05, 3.63) is 23.8 Å². The predicted molar refractivity (Wildman–Crippen MR) is 56.9 cm³/mol. The van der Waals surface area contributed by atoms with Crippen molar-refractivity contribution < 1.29 is 20.1 Å². The number of hydrogen-bond donors (Lipinski definition) is 5. The summed E-state index contributed by atoms with van der Waals surface area (Å²) in [6.07, 6.45) is 0. The summed E-state index contributed by atoms with van der Waals surface area (Å²) >= 11 is 0. The molecule has 2 unspecified atom stereocenters. The molecular weight excluding hydrogens is 212 g/mol. The van der Waals surface area contributed by atoms with E-state index in [1.54, 1.807) is 6.92 Å². The molecule has 16 heavy (non-hydrogen) atoms. The molecule has 0 fully saturated rings. The molecular formula is C10H14N2O4. The smallest absolute Gasteiger partial charge is 0.322 e. The van der Waals surface area contributed by atoms with E-state index in [0.29, 0.717) is 5.56 Å². The lowest BCUT2D eigenvalue weighted by atomic mass is 9.93. The van der Waals surface area contributed by atoms with Crippen LogP contribution in [0, 0.1) is 0 Å². The number of carboxylic acid groups (broad SMARTS) is 1. The molecule has 0 radical (unpaired) electrons. The Hall–Kier alpha value is -1.79. The maximum atomic E-state index is 10.8. The molecule has 0 saturated carbocycles. The fraction of sp³-hybridized carbons (Fsp3) is 0.300. The highest BCUT2D eigenvalue weighted by atomic mass is 16.4. The molecule has 0 aliphatic rings. The van der Waals surface area contributed by atoms with Crippen molar-refractivity contribution in [2.45, 2.75) is 18.9 Å². The standard InChI is InChI=1S/C10H14N2O4/c1-5(9(12-11)10(15)16)6-2-3-7(13)8(14)4-6/h2-5,9,12-14H,11H2,1H3,(H,15,16). The minimum atomic E-state index is -1.08. The molecule has 0 heterocycles. The van der Waals surface area contributed by atoms with Gasteiger partial charge in [-0.15, -0.1) is 0 Å². The summed E-state index contributed by atoms with van der Waals surface area (Å²) in [6.45, 7) is 1.66. The number of rotatable bonds is 4. The second-order valence-corrected chi connectivity index (χ2v) is 3.52. The third kappa shape index (κ3) is 2.41. The van der Waals surface area contributed by atoms with E-state index >= 15 is 0 Å². The zero-order valence-corrected chi connectivity index (χ0v) is 8.71. The van der Waals surface area contributed by atoms with Crippen LogP contribution >= 0.6 is 0 Å². The van der Waals surface area contributed by atoms with E-state index in [9.17, 15) is 9.90 Å². The van der Waals surface area contributed by atoms with E-state index in [1.807, 2.05) is 0 Å². The van der Waals surface area contributed by atoms with Crippen LogP contribution < -0.4 is 11.3 Å². The highest BCUT2D eigenvalue weighted by molar-refractivity contribution is 5.74. The summed E-state index contributed by atoms with van der Waals surface area (Å²) in [5.41, 5.74) is 2.76. The molecule has 1 aromatic rings. The monoisotopic (exact) mass is 226 g/mol. The van der Waals surface area contributed by atoms with Crippen LogP contribution in [0.1, 0.15) is 18.4 Å². The van der Waals surface area contributed by atoms with Crippen molar-refractivity contribution >= 4 is 5.97 Å². The Morgan fingerprint density at radius 2 is 2.00 bits per heavy atom. The first-order chi connectivity index (χ1) is 7.47. The Bertz CT molecular complexity index is 394. The van der Waals surface area contributed by atoms with E-state index < -0.39 is 17.9 Å². The average Bonchev–Trinajstić information content (AvgIpc) is 2.22. The van der Waals surface area contributed by atoms with E-state index in [-0.39, 0.29) is 11.5 Å². The fourth-order valence-corrected chi connectivity index (χ4v) is 1.45. The van der Waals surface area contributed by atoms with Crippen LogP contribution in [0.4, 0.5) is 0 Å². The quantitative estimate of drug-likeness (QED) is 0.283. The Kier molecular flexibility index (Phi) is 3.70. The summed E-state index contributed by atoms with van der Waals surface area (Å²) in [4.78, 5) is 10.8. The molecule has 6 N–H and O–H groups in total. The van der Waals surface area contributed by atoms with Gasteiger partial charge < -0.3 is 15.3 Å². The van der Waals surface area contributed by atoms with E-state index in [0.717, 1.165) is 0 Å². The van der Waals surface area contributed by atoms with Crippen LogP contribution in [0.15, 0.2) is 18.2 Å². The van der Waals surface area contributed by atoms with Gasteiger partial charge in [0.05, 0.1) is 0 Å². The van der Waals surface area contributed by atoms with Gasteiger partial charge in [-0.2, -0.15) is 0 Å². The van der Waals surface area contributed by atoms with Crippen LogP contribution in [0.3, 0.4) is 0 Å². The molecule has 0 spiro atoms. The number of carboxylic acids is 1. The average molecular weight is 226 g/mol. The number of nitrogens with one attached hydrogen (secondary N) is 1. The van der Waals surface area contributed by atoms with Crippen molar-refractivity contribution in [2.24, 2.45) is 5.84 Å². The molecule has 0 saturated heterocycles. The van der Waals surface area contributed by atoms with Gasteiger partial charge in [0, 0.05) is 5.92 Å². The normalized spacial score (nSPS) is 14.4. The second-order valence-electron chi connectivity index (χ2n) is 3.52. The number of hydrazine groups is 1. The van der Waals surface area contributed by atoms with Crippen LogP contribution in [0.2, 0.25) is 0 Å². The Morgan fingerprint density at radius 1 is 1.38 bits per heavy atom. The number of nitrogens with two attached hydrogens (primary N) is 1. The molecule has 1 aromatic carbocycles. The zero-order valence-electron chi connectivity index (χ0n) is 8.71. The number of hydrogen-bond acceptors (Lipinski definition) is 5. The molecule has 2 atom stereocenters. The first-order valence-electron chi connectivity index (χ1n) is 4.68. The number of phenolic OH excluding ortho intramolecular Hbond substituents is 2. The molecule has 0 aliphatic carbocycles. The predicted octanol–water partition coefficient (Wildman–Crippen LogP) is 0.118. The van der Waals surface area contributed by atoms with Crippen LogP contribution in [0.5, 0.6) is 11.5 Å². The molecule has 0 aromatic heterocycles. The number of benzene rings is 1. The Balaban J connectivity index is 2.99. The fourth-order valence-electron chi connectivity index (χ4n) is 1.45. The van der Waals surface area contributed by atoms with Crippen LogP contribution in [-0.4, -0.2) is 27.3 Å². The van der Waals surface area contributed by atoms with E-state index in [2.05, 4.69) is 5.43 Å². The summed E-state index contributed by atoms with van der Waals surface area (Å²) in [7, 11) is 0. The molecule has 88 valence electrons. The van der Waals surface area contributed by atoms with Crippen molar-refractivity contribution in [3.63, 3.8) is 0 Å². The maximum Gasteiger partial charge on any atom is 0.322 e. The molecule has 6 nitrogen and oxygen atoms in total. The van der Waals surface area contributed by atoms with Gasteiger partial charge >= 0.3 is 5.97 Å². The number of phenols is 2. The van der Waals surface area contributed by atoms with Gasteiger partial charge in [-0.25, -0.2) is 5.43 Å². The molecule has 0 aliphatic heterocycles. The number of aromatic hydroxyl groups is 2. The summed E-state index contributed by atoms with van der Waals surface area (Å²) in [6, 6.07) is 3.19. The van der Waals surface area contributed by atoms with Gasteiger partial charge in [0.25, 0.3) is 0 Å². The minimum absolute atomic E-state index is 0.247. The van der Waals surface area contributed by atoms with Crippen LogP contribution in [-0.2, 0) is 4.79 Å². The highest BCUT2D eigenvalue weighted by Gasteiger charge is 2.25. The van der Waals surface area contributed by atoms with Gasteiger partial charge in [-0.1, -0.05) is 13.0 Å². The largest absolute Gasteiger partial charge is 0.504 e. The summed E-state index contributed by atoms with van der Waals surface area (Å²) < 4.78 is 0. The summed E-state index contributed by atoms with van der Waals surface area (Å²) in [5, 5.41) is 27.3. The molecule has 0 amide bonds. The highest BCUT2D eigenvalue weighted by Crippen LogP contribution is 2.29. The third-order valence-corrected chi connectivity index (χ3v) is 2.47. The lowest BCUT2D eigenvalue weighted by Crippen LogP contribution is -2.44. The summed E-state index contributed by atoms with van der Waals surface area (Å²) in [5.74, 6) is 3.09. The van der Waals surface area contributed by atoms with Crippen LogP contribution in [0.25, 0.3) is 0 Å². The molecule has 0 bridgehead atoms. The first-order valence-corrected chi connectivity index (χ1v) is 4.68. The van der Waals surface area contributed by atoms with Gasteiger partial charge in [-0.3, -0.25) is 10.6 Å². The number of carbonyl (C=O) groups is 1. The third-order valence-electron chi connectivity index (χ3n) is 2.47. The van der Waals surface area contributed by atoms with Crippen molar-refractivity contribution in [1.29, 1.82) is 0 Å². The minimum Gasteiger partial charge on any atom is -0.504 e. The van der Waals surface area contributed by atoms with Gasteiger partial charge in [0.15, 0.2) is 11.5 Å². The maximum absolute atomic E-state index is 10.8. The van der Waals surface area contributed by atoms with Gasteiger partial charge in [0.2, 0.25) is 0 Å². The first kappa shape index (κ1) is 12.3. The van der Waals surface area contributed by atoms with Crippen molar-refractivity contribution in [2.75, 3.05) is 0 Å². The lowest BCUT2D eigenvalue weighted by Gasteiger charge is -2.19. The Morgan fingerprint density at radius 3 is 2.44 bits per heavy atom. The van der Waals surface area contributed by atoms with Gasteiger partial charge in [-0.05, 0) is 17.7 Å². The van der Waals surface area contributed by atoms with Crippen molar-refractivity contribution in [1.82, 2.24) is 5.43 Å². The van der Waals surface area contributed by atoms with E-state index in [4.69, 9.17) is 16.1 Å². The van der Waals surface area contributed by atoms with Gasteiger partial charge in [0.1, 0.15) is 6.04 Å². The second kappa shape index (κ2) is 4.82. The number of aliphatic carboxylic acids is 1. The lowest BCUT2D eigenvalue weighted by molar-refractivity contribution is -0.140. The zero-order chi connectivity index (χ0) is 12.3. The molecule has 6 heteroatoms. The topological polar surface area (TPSA) is 116 Å². The van der Waals surface area contributed by atoms with Crippen molar-refractivity contribution in [3.8, 4) is 11.5 Å².